The molecule has 0 unspecified atom stereocenters. The minimum absolute atomic E-state index is 0.000674. The van der Waals surface area contributed by atoms with E-state index in [2.05, 4.69) is 4.99 Å². The second-order valence-electron chi connectivity index (χ2n) is 5.92. The molecule has 1 saturated heterocycles. The Morgan fingerprint density at radius 2 is 1.96 bits per heavy atom. The van der Waals surface area contributed by atoms with E-state index < -0.39 is 12.0 Å². The van der Waals surface area contributed by atoms with Gasteiger partial charge in [-0.1, -0.05) is 48.5 Å². The van der Waals surface area contributed by atoms with Gasteiger partial charge in [0.1, 0.15) is 0 Å². The molecule has 5 nitrogen and oxygen atoms in total. The third-order valence-corrected chi connectivity index (χ3v) is 5.64. The molecule has 1 aromatic carbocycles. The number of allylic oxidation sites excluding steroid dienone is 1. The summed E-state index contributed by atoms with van der Waals surface area (Å²) in [4.78, 5) is 31.4. The van der Waals surface area contributed by atoms with Crippen molar-refractivity contribution in [2.24, 2.45) is 4.99 Å². The van der Waals surface area contributed by atoms with E-state index in [1.165, 1.54) is 18.9 Å². The van der Waals surface area contributed by atoms with E-state index in [0.29, 0.717) is 16.4 Å². The Bertz CT molecular complexity index is 752. The predicted molar refractivity (Wildman–Crippen MR) is 94.6 cm³/mol. The molecule has 2 aliphatic rings. The molecule has 3 rings (SSSR count). The fraction of sp³-hybridized carbons (Fsp3) is 0.389. The van der Waals surface area contributed by atoms with Crippen LogP contribution in [0.15, 0.2) is 40.5 Å². The van der Waals surface area contributed by atoms with E-state index in [-0.39, 0.29) is 11.2 Å². The fourth-order valence-electron chi connectivity index (χ4n) is 3.02. The molecular weight excluding hydrogens is 324 g/mol. The van der Waals surface area contributed by atoms with Crippen molar-refractivity contribution in [2.75, 3.05) is 7.11 Å². The number of hydrogen-bond acceptors (Lipinski definition) is 5. The molecule has 0 aliphatic carbocycles. The van der Waals surface area contributed by atoms with Crippen LogP contribution in [0.25, 0.3) is 0 Å². The van der Waals surface area contributed by atoms with E-state index >= 15 is 0 Å². The van der Waals surface area contributed by atoms with Gasteiger partial charge in [-0.2, -0.15) is 0 Å². The number of amides is 1. The maximum Gasteiger partial charge on any atom is 0.338 e. The van der Waals surface area contributed by atoms with Gasteiger partial charge in [-0.15, -0.1) is 0 Å². The van der Waals surface area contributed by atoms with Crippen LogP contribution in [0.2, 0.25) is 0 Å². The third-order valence-electron chi connectivity index (χ3n) is 4.32. The molecule has 1 fully saturated rings. The highest BCUT2D eigenvalue weighted by Gasteiger charge is 2.46. The maximum absolute atomic E-state index is 12.8. The van der Waals surface area contributed by atoms with Crippen molar-refractivity contribution in [3.05, 3.63) is 46.7 Å². The summed E-state index contributed by atoms with van der Waals surface area (Å²) in [7, 11) is 1.35. The number of carbonyl (C=O) groups is 2. The lowest BCUT2D eigenvalue weighted by Gasteiger charge is -2.32. The largest absolute Gasteiger partial charge is 0.466 e. The van der Waals surface area contributed by atoms with Crippen molar-refractivity contribution in [2.45, 2.75) is 38.5 Å². The molecule has 0 radical (unpaired) electrons. The Morgan fingerprint density at radius 3 is 2.54 bits per heavy atom. The topological polar surface area (TPSA) is 59.0 Å². The zero-order valence-corrected chi connectivity index (χ0v) is 15.0. The second kappa shape index (κ2) is 6.43. The van der Waals surface area contributed by atoms with Gasteiger partial charge in [-0.3, -0.25) is 9.69 Å². The average Bonchev–Trinajstić information content (AvgIpc) is 2.89. The van der Waals surface area contributed by atoms with Crippen LogP contribution in [0.1, 0.15) is 37.4 Å². The van der Waals surface area contributed by atoms with Crippen LogP contribution in [0.3, 0.4) is 0 Å². The number of aryl methyl sites for hydroxylation is 1. The minimum atomic E-state index is -0.484. The Labute approximate surface area is 145 Å². The molecule has 1 aromatic rings. The Hall–Kier alpha value is -2.08. The summed E-state index contributed by atoms with van der Waals surface area (Å²) < 4.78 is 4.96. The van der Waals surface area contributed by atoms with Crippen molar-refractivity contribution in [1.29, 1.82) is 0 Å². The van der Waals surface area contributed by atoms with Crippen molar-refractivity contribution in [3.8, 4) is 0 Å². The number of rotatable bonds is 3. The van der Waals surface area contributed by atoms with Gasteiger partial charge in [0.25, 0.3) is 0 Å². The van der Waals surface area contributed by atoms with Crippen LogP contribution in [0.5, 0.6) is 0 Å². The van der Waals surface area contributed by atoms with E-state index in [1.807, 2.05) is 38.1 Å². The first kappa shape index (κ1) is 16.8. The van der Waals surface area contributed by atoms with Crippen LogP contribution in [-0.4, -0.2) is 34.3 Å². The van der Waals surface area contributed by atoms with Gasteiger partial charge in [0, 0.05) is 0 Å². The number of carbonyl (C=O) groups excluding carboxylic acids is 2. The summed E-state index contributed by atoms with van der Waals surface area (Å²) in [5.74, 6) is -0.445. The zero-order valence-electron chi connectivity index (χ0n) is 14.2. The Morgan fingerprint density at radius 1 is 1.29 bits per heavy atom. The molecule has 0 N–H and O–H groups in total. The first-order valence-electron chi connectivity index (χ1n) is 7.92. The number of nitrogens with zero attached hydrogens (tertiary/aromatic N) is 2. The lowest BCUT2D eigenvalue weighted by Crippen LogP contribution is -2.40. The first-order valence-corrected chi connectivity index (χ1v) is 8.80. The highest BCUT2D eigenvalue weighted by atomic mass is 32.2. The van der Waals surface area contributed by atoms with Crippen molar-refractivity contribution in [3.63, 3.8) is 0 Å². The van der Waals surface area contributed by atoms with Gasteiger partial charge >= 0.3 is 5.97 Å². The second-order valence-corrected chi connectivity index (χ2v) is 7.09. The number of ether oxygens (including phenoxy) is 1. The number of fused-ring (bicyclic) bond motifs is 1. The van der Waals surface area contributed by atoms with Crippen LogP contribution in [0, 0.1) is 6.92 Å². The van der Waals surface area contributed by atoms with Gasteiger partial charge in [0.15, 0.2) is 5.17 Å². The lowest BCUT2D eigenvalue weighted by atomic mass is 9.93. The molecule has 0 spiro atoms. The van der Waals surface area contributed by atoms with Gasteiger partial charge in [-0.05, 0) is 25.8 Å². The fourth-order valence-corrected chi connectivity index (χ4v) is 4.16. The number of hydrogen-bond donors (Lipinski definition) is 0. The average molecular weight is 344 g/mol. The molecule has 126 valence electrons. The SMILES string of the molecule is CC[C@@H]1SC2=NC(C)=C(C(=O)OC)[C@H](c3ccc(C)cc3)N2C1=O. The molecule has 2 heterocycles. The molecule has 0 aromatic heterocycles. The number of thioether (sulfide) groups is 1. The normalized spacial score (nSPS) is 23.2. The van der Waals surface area contributed by atoms with E-state index in [1.54, 1.807) is 11.8 Å². The standard InChI is InChI=1S/C18H20N2O3S/c1-5-13-16(21)20-15(12-8-6-10(2)7-9-12)14(17(22)23-4)11(3)19-18(20)24-13/h6-9,13,15H,5H2,1-4H3/t13-,15-/m0/s1. The molecule has 0 bridgehead atoms. The van der Waals surface area contributed by atoms with Gasteiger partial charge < -0.3 is 4.74 Å². The Balaban J connectivity index is 2.15. The highest BCUT2D eigenvalue weighted by Crippen LogP contribution is 2.43. The van der Waals surface area contributed by atoms with E-state index in [4.69, 9.17) is 4.74 Å². The molecule has 2 aliphatic heterocycles. The number of esters is 1. The third kappa shape index (κ3) is 2.65. The molecule has 24 heavy (non-hydrogen) atoms. The summed E-state index contributed by atoms with van der Waals surface area (Å²) in [6.45, 7) is 5.78. The lowest BCUT2D eigenvalue weighted by molar-refractivity contribution is -0.137. The zero-order chi connectivity index (χ0) is 17.4. The summed E-state index contributed by atoms with van der Waals surface area (Å²) in [6.07, 6.45) is 0.728. The smallest absolute Gasteiger partial charge is 0.338 e. The van der Waals surface area contributed by atoms with Gasteiger partial charge in [0.2, 0.25) is 5.91 Å². The summed E-state index contributed by atoms with van der Waals surface area (Å²) in [6, 6.07) is 7.39. The van der Waals surface area contributed by atoms with Gasteiger partial charge in [-0.25, -0.2) is 9.79 Å². The Kier molecular flexibility index (Phi) is 4.49. The summed E-state index contributed by atoms with van der Waals surface area (Å²) >= 11 is 1.47. The molecule has 1 amide bonds. The predicted octanol–water partition coefficient (Wildman–Crippen LogP) is 3.21. The van der Waals surface area contributed by atoms with E-state index in [9.17, 15) is 9.59 Å². The van der Waals surface area contributed by atoms with Crippen LogP contribution < -0.4 is 0 Å². The molecule has 6 heteroatoms. The number of amidine groups is 1. The minimum Gasteiger partial charge on any atom is -0.466 e. The monoisotopic (exact) mass is 344 g/mol. The first-order chi connectivity index (χ1) is 11.5. The van der Waals surface area contributed by atoms with Crippen molar-refractivity contribution in [1.82, 2.24) is 4.90 Å². The molecular formula is C18H20N2O3S. The molecule has 0 saturated carbocycles. The van der Waals surface area contributed by atoms with Crippen LogP contribution in [-0.2, 0) is 14.3 Å². The summed E-state index contributed by atoms with van der Waals surface area (Å²) in [5, 5.41) is 0.518. The molecule has 2 atom stereocenters. The number of aliphatic imine (C=N–C) groups is 1. The van der Waals surface area contributed by atoms with Crippen LogP contribution >= 0.6 is 11.8 Å². The quantitative estimate of drug-likeness (QED) is 0.790. The summed E-state index contributed by atoms with van der Waals surface area (Å²) in [5.41, 5.74) is 3.04. The van der Waals surface area contributed by atoms with Gasteiger partial charge in [0.05, 0.1) is 29.7 Å². The van der Waals surface area contributed by atoms with Crippen LogP contribution in [0.4, 0.5) is 0 Å². The highest BCUT2D eigenvalue weighted by molar-refractivity contribution is 8.15. The number of methoxy groups -OCH3 is 1. The van der Waals surface area contributed by atoms with Crippen molar-refractivity contribution >= 4 is 28.8 Å². The van der Waals surface area contributed by atoms with Crippen molar-refractivity contribution < 1.29 is 14.3 Å². The number of benzene rings is 1. The maximum atomic E-state index is 12.8. The van der Waals surface area contributed by atoms with E-state index in [0.717, 1.165) is 17.5 Å².